The highest BCUT2D eigenvalue weighted by molar-refractivity contribution is 6.07. The summed E-state index contributed by atoms with van der Waals surface area (Å²) in [6, 6.07) is 13.5. The summed E-state index contributed by atoms with van der Waals surface area (Å²) in [6.45, 7) is 2.79. The molecule has 1 fully saturated rings. The van der Waals surface area contributed by atoms with Crippen LogP contribution in [0.3, 0.4) is 0 Å². The van der Waals surface area contributed by atoms with E-state index in [1.54, 1.807) is 36.4 Å². The van der Waals surface area contributed by atoms with Crippen LogP contribution < -0.4 is 16.4 Å². The fourth-order valence-corrected chi connectivity index (χ4v) is 5.11. The standard InChI is InChI=1S/C30H28F4N6O2/c31-24-16-19(30(32,33)34)9-10-21(24)29(42)38-20-6-3-5-18(15-20)25(11-14-40-12-1-2-13-40)39-28-23-8-4-7-22(27(35)41)26(23)36-17-37-28/h3-10,15-17,25H,1-2,11-14H2,(H2,35,41)(H,38,42)(H,36,37,39). The zero-order valence-corrected chi connectivity index (χ0v) is 22.4. The molecule has 1 aliphatic heterocycles. The third kappa shape index (κ3) is 6.49. The second-order valence-electron chi connectivity index (χ2n) is 10.1. The molecule has 1 saturated heterocycles. The molecule has 5 rings (SSSR count). The number of amides is 2. The monoisotopic (exact) mass is 580 g/mol. The number of hydrogen-bond donors (Lipinski definition) is 3. The predicted molar refractivity (Wildman–Crippen MR) is 151 cm³/mol. The van der Waals surface area contributed by atoms with Crippen LogP contribution in [0.2, 0.25) is 0 Å². The molecular weight excluding hydrogens is 552 g/mol. The summed E-state index contributed by atoms with van der Waals surface area (Å²) in [7, 11) is 0. The second kappa shape index (κ2) is 12.1. The van der Waals surface area contributed by atoms with Gasteiger partial charge in [-0.25, -0.2) is 14.4 Å². The van der Waals surface area contributed by atoms with E-state index in [-0.39, 0.29) is 11.6 Å². The summed E-state index contributed by atoms with van der Waals surface area (Å²) in [6.07, 6.45) is -0.438. The molecule has 0 radical (unpaired) electrons. The minimum atomic E-state index is -4.72. The van der Waals surface area contributed by atoms with Crippen molar-refractivity contribution in [1.29, 1.82) is 0 Å². The lowest BCUT2D eigenvalue weighted by atomic mass is 10.0. The van der Waals surface area contributed by atoms with Crippen LogP contribution >= 0.6 is 0 Å². The van der Waals surface area contributed by atoms with Crippen molar-refractivity contribution < 1.29 is 27.2 Å². The summed E-state index contributed by atoms with van der Waals surface area (Å²) in [5, 5.41) is 6.66. The molecule has 0 spiro atoms. The average molecular weight is 581 g/mol. The van der Waals surface area contributed by atoms with Crippen molar-refractivity contribution in [2.75, 3.05) is 30.3 Å². The van der Waals surface area contributed by atoms with Gasteiger partial charge in [-0.15, -0.1) is 0 Å². The maximum absolute atomic E-state index is 14.4. The van der Waals surface area contributed by atoms with Gasteiger partial charge in [0.1, 0.15) is 18.0 Å². The molecule has 12 heteroatoms. The van der Waals surface area contributed by atoms with Crippen LogP contribution in [0.4, 0.5) is 29.1 Å². The van der Waals surface area contributed by atoms with Crippen LogP contribution in [-0.2, 0) is 6.18 Å². The lowest BCUT2D eigenvalue weighted by Crippen LogP contribution is -2.24. The Labute approximate surface area is 238 Å². The number of benzene rings is 3. The van der Waals surface area contributed by atoms with Crippen LogP contribution in [-0.4, -0.2) is 46.3 Å². The van der Waals surface area contributed by atoms with Crippen molar-refractivity contribution in [3.8, 4) is 0 Å². The van der Waals surface area contributed by atoms with Gasteiger partial charge in [-0.1, -0.05) is 18.2 Å². The summed E-state index contributed by atoms with van der Waals surface area (Å²) >= 11 is 0. The van der Waals surface area contributed by atoms with Gasteiger partial charge in [0.15, 0.2) is 0 Å². The maximum Gasteiger partial charge on any atom is 0.416 e. The van der Waals surface area contributed by atoms with Gasteiger partial charge in [0.05, 0.1) is 28.2 Å². The van der Waals surface area contributed by atoms with Crippen molar-refractivity contribution in [3.05, 3.63) is 95.1 Å². The number of carbonyl (C=O) groups excluding carboxylic acids is 2. The van der Waals surface area contributed by atoms with E-state index in [9.17, 15) is 27.2 Å². The molecule has 2 heterocycles. The Balaban J connectivity index is 1.42. The zero-order chi connectivity index (χ0) is 29.9. The Morgan fingerprint density at radius 3 is 2.45 bits per heavy atom. The van der Waals surface area contributed by atoms with E-state index >= 15 is 0 Å². The highest BCUT2D eigenvalue weighted by Crippen LogP contribution is 2.32. The Bertz CT molecular complexity index is 1620. The third-order valence-electron chi connectivity index (χ3n) is 7.26. The molecule has 8 nitrogen and oxygen atoms in total. The number of hydrogen-bond acceptors (Lipinski definition) is 6. The molecule has 0 aliphatic carbocycles. The van der Waals surface area contributed by atoms with Gasteiger partial charge >= 0.3 is 6.18 Å². The number of primary amides is 1. The number of rotatable bonds is 9. The van der Waals surface area contributed by atoms with Crippen LogP contribution in [0.25, 0.3) is 10.9 Å². The molecule has 42 heavy (non-hydrogen) atoms. The Kier molecular flexibility index (Phi) is 8.34. The van der Waals surface area contributed by atoms with Crippen molar-refractivity contribution in [2.24, 2.45) is 5.73 Å². The minimum Gasteiger partial charge on any atom is -0.366 e. The summed E-state index contributed by atoms with van der Waals surface area (Å²) in [4.78, 5) is 35.8. The van der Waals surface area contributed by atoms with E-state index in [1.807, 2.05) is 6.07 Å². The highest BCUT2D eigenvalue weighted by atomic mass is 19.4. The van der Waals surface area contributed by atoms with E-state index in [0.717, 1.165) is 44.1 Å². The fourth-order valence-electron chi connectivity index (χ4n) is 5.11. The topological polar surface area (TPSA) is 113 Å². The Hall–Kier alpha value is -4.58. The van der Waals surface area contributed by atoms with Crippen molar-refractivity contribution >= 4 is 34.2 Å². The molecule has 3 aromatic carbocycles. The highest BCUT2D eigenvalue weighted by Gasteiger charge is 2.31. The first-order valence-corrected chi connectivity index (χ1v) is 13.4. The zero-order valence-electron chi connectivity index (χ0n) is 22.4. The quantitative estimate of drug-likeness (QED) is 0.217. The maximum atomic E-state index is 14.4. The molecule has 1 unspecified atom stereocenters. The van der Waals surface area contributed by atoms with E-state index < -0.39 is 34.9 Å². The van der Waals surface area contributed by atoms with E-state index in [0.29, 0.717) is 41.0 Å². The van der Waals surface area contributed by atoms with Gasteiger partial charge in [-0.05, 0) is 80.4 Å². The molecule has 218 valence electrons. The van der Waals surface area contributed by atoms with Crippen molar-refractivity contribution in [3.63, 3.8) is 0 Å². The summed E-state index contributed by atoms with van der Waals surface area (Å²) in [5.41, 5.74) is 5.68. The number of halogens is 4. The molecule has 1 atom stereocenters. The molecule has 4 N–H and O–H groups in total. The van der Waals surface area contributed by atoms with E-state index in [1.165, 1.54) is 6.33 Å². The van der Waals surface area contributed by atoms with E-state index in [4.69, 9.17) is 5.73 Å². The van der Waals surface area contributed by atoms with Crippen molar-refractivity contribution in [2.45, 2.75) is 31.5 Å². The second-order valence-corrected chi connectivity index (χ2v) is 10.1. The van der Waals surface area contributed by atoms with Crippen molar-refractivity contribution in [1.82, 2.24) is 14.9 Å². The summed E-state index contributed by atoms with van der Waals surface area (Å²) < 4.78 is 53.2. The van der Waals surface area contributed by atoms with Crippen LogP contribution in [0.5, 0.6) is 0 Å². The lowest BCUT2D eigenvalue weighted by molar-refractivity contribution is -0.137. The van der Waals surface area contributed by atoms with Gasteiger partial charge in [0, 0.05) is 17.6 Å². The molecule has 0 bridgehead atoms. The SMILES string of the molecule is NC(=O)c1cccc2c(NC(CCN3CCCC3)c3cccc(NC(=O)c4ccc(C(F)(F)F)cc4F)c3)ncnc12. The first-order chi connectivity index (χ1) is 20.1. The van der Waals surface area contributed by atoms with Crippen LogP contribution in [0, 0.1) is 5.82 Å². The Morgan fingerprint density at radius 1 is 0.976 bits per heavy atom. The number of nitrogens with one attached hydrogen (secondary N) is 2. The average Bonchev–Trinajstić information content (AvgIpc) is 3.48. The number of carbonyl (C=O) groups is 2. The molecule has 0 saturated carbocycles. The largest absolute Gasteiger partial charge is 0.416 e. The smallest absolute Gasteiger partial charge is 0.366 e. The fraction of sp³-hybridized carbons (Fsp3) is 0.267. The number of para-hydroxylation sites is 1. The number of anilines is 2. The number of nitrogens with two attached hydrogens (primary N) is 1. The van der Waals surface area contributed by atoms with E-state index in [2.05, 4.69) is 25.5 Å². The predicted octanol–water partition coefficient (Wildman–Crippen LogP) is 5.78. The number of fused-ring (bicyclic) bond motifs is 1. The number of alkyl halides is 3. The lowest BCUT2D eigenvalue weighted by Gasteiger charge is -2.24. The Morgan fingerprint density at radius 2 is 1.74 bits per heavy atom. The van der Waals surface area contributed by atoms with Gasteiger partial charge < -0.3 is 21.3 Å². The number of aromatic nitrogens is 2. The molecule has 1 aromatic heterocycles. The summed E-state index contributed by atoms with van der Waals surface area (Å²) in [5.74, 6) is -2.25. The molecule has 2 amide bonds. The molecular formula is C30H28F4N6O2. The minimum absolute atomic E-state index is 0.270. The molecule has 4 aromatic rings. The van der Waals surface area contributed by atoms with Gasteiger partial charge in [-0.2, -0.15) is 13.2 Å². The number of likely N-dealkylation sites (tertiary alicyclic amines) is 1. The van der Waals surface area contributed by atoms with Gasteiger partial charge in [0.25, 0.3) is 11.8 Å². The molecule has 1 aliphatic rings. The van der Waals surface area contributed by atoms with Gasteiger partial charge in [-0.3, -0.25) is 9.59 Å². The normalized spacial score (nSPS) is 14.6. The third-order valence-corrected chi connectivity index (χ3v) is 7.26. The van der Waals surface area contributed by atoms with Crippen LogP contribution in [0.15, 0.2) is 67.0 Å². The van der Waals surface area contributed by atoms with Gasteiger partial charge in [0.2, 0.25) is 0 Å². The number of nitrogens with zero attached hydrogens (tertiary/aromatic N) is 3. The van der Waals surface area contributed by atoms with Crippen LogP contribution in [0.1, 0.15) is 57.1 Å². The first-order valence-electron chi connectivity index (χ1n) is 13.4. The first kappa shape index (κ1) is 28.9.